The minimum atomic E-state index is -0.0192. The number of rotatable bonds is 4. The van der Waals surface area contributed by atoms with Crippen molar-refractivity contribution in [3.63, 3.8) is 0 Å². The molecule has 0 saturated heterocycles. The van der Waals surface area contributed by atoms with Crippen LogP contribution in [0.1, 0.15) is 43.6 Å². The first-order chi connectivity index (χ1) is 13.2. The summed E-state index contributed by atoms with van der Waals surface area (Å²) in [7, 11) is 0. The van der Waals surface area contributed by atoms with Crippen molar-refractivity contribution in [3.05, 3.63) is 66.4 Å². The van der Waals surface area contributed by atoms with Gasteiger partial charge in [-0.25, -0.2) is 0 Å². The molecule has 27 heavy (non-hydrogen) atoms. The van der Waals surface area contributed by atoms with E-state index in [1.807, 2.05) is 12.3 Å². The number of benzene rings is 2. The van der Waals surface area contributed by atoms with Crippen LogP contribution in [0.2, 0.25) is 0 Å². The third-order valence-corrected chi connectivity index (χ3v) is 5.62. The number of aromatic hydroxyl groups is 1. The molecule has 0 radical (unpaired) electrons. The molecular formula is C23H24N2O2. The van der Waals surface area contributed by atoms with Crippen LogP contribution in [0.5, 0.6) is 5.75 Å². The Kier molecular flexibility index (Phi) is 5.05. The topological polar surface area (TPSA) is 62.2 Å². The molecule has 3 aromatic rings. The molecule has 1 saturated carbocycles. The van der Waals surface area contributed by atoms with Crippen molar-refractivity contribution in [2.45, 2.75) is 38.0 Å². The van der Waals surface area contributed by atoms with E-state index in [1.165, 1.54) is 10.9 Å². The molecular weight excluding hydrogens is 336 g/mol. The van der Waals surface area contributed by atoms with E-state index in [-0.39, 0.29) is 11.7 Å². The molecule has 1 aliphatic rings. The summed E-state index contributed by atoms with van der Waals surface area (Å²) in [6.45, 7) is 0. The number of fused-ring (bicyclic) bond motifs is 1. The van der Waals surface area contributed by atoms with Crippen LogP contribution < -0.4 is 5.32 Å². The van der Waals surface area contributed by atoms with Crippen LogP contribution in [0.4, 0.5) is 5.69 Å². The molecule has 0 atom stereocenters. The van der Waals surface area contributed by atoms with Crippen LogP contribution in [0, 0.1) is 5.92 Å². The van der Waals surface area contributed by atoms with Crippen molar-refractivity contribution in [2.24, 2.45) is 5.92 Å². The Morgan fingerprint density at radius 2 is 1.74 bits per heavy atom. The van der Waals surface area contributed by atoms with Crippen LogP contribution >= 0.6 is 0 Å². The maximum atomic E-state index is 12.3. The summed E-state index contributed by atoms with van der Waals surface area (Å²) in [5.74, 6) is 1.03. The lowest BCUT2D eigenvalue weighted by molar-refractivity contribution is -0.117. The molecule has 1 aromatic heterocycles. The standard InChI is InChI=1S/C23H24N2O2/c26-22-8-4-3-7-21(22)25-23(27)15-16-9-11-17(12-10-16)18-13-14-24-20-6-2-1-5-19(18)20/h1-8,13-14,16-17,26H,9-12,15H2,(H,25,27). The second-order valence-electron chi connectivity index (χ2n) is 7.40. The van der Waals surface area contributed by atoms with E-state index >= 15 is 0 Å². The summed E-state index contributed by atoms with van der Waals surface area (Å²) in [5, 5.41) is 13.9. The predicted octanol–water partition coefficient (Wildman–Crippen LogP) is 5.24. The van der Waals surface area contributed by atoms with E-state index in [0.29, 0.717) is 23.9 Å². The number of phenols is 1. The molecule has 1 aliphatic carbocycles. The summed E-state index contributed by atoms with van der Waals surface area (Å²) in [5.41, 5.74) is 2.93. The molecule has 0 bridgehead atoms. The van der Waals surface area contributed by atoms with Crippen molar-refractivity contribution in [3.8, 4) is 5.75 Å². The zero-order valence-corrected chi connectivity index (χ0v) is 15.3. The average molecular weight is 360 g/mol. The van der Waals surface area contributed by atoms with Gasteiger partial charge in [-0.1, -0.05) is 30.3 Å². The molecule has 2 aromatic carbocycles. The van der Waals surface area contributed by atoms with Gasteiger partial charge in [0.25, 0.3) is 0 Å². The number of hydrogen-bond donors (Lipinski definition) is 2. The number of nitrogens with zero attached hydrogens (tertiary/aromatic N) is 1. The number of hydrogen-bond acceptors (Lipinski definition) is 3. The van der Waals surface area contributed by atoms with Crippen molar-refractivity contribution in [2.75, 3.05) is 5.32 Å². The van der Waals surface area contributed by atoms with E-state index in [1.54, 1.807) is 24.3 Å². The van der Waals surface area contributed by atoms with Gasteiger partial charge in [0, 0.05) is 18.0 Å². The van der Waals surface area contributed by atoms with E-state index < -0.39 is 0 Å². The van der Waals surface area contributed by atoms with E-state index in [2.05, 4.69) is 34.6 Å². The van der Waals surface area contributed by atoms with Crippen molar-refractivity contribution in [1.82, 2.24) is 4.98 Å². The Hall–Kier alpha value is -2.88. The molecule has 4 nitrogen and oxygen atoms in total. The van der Waals surface area contributed by atoms with E-state index in [4.69, 9.17) is 0 Å². The minimum absolute atomic E-state index is 0.0192. The number of aromatic nitrogens is 1. The van der Waals surface area contributed by atoms with Gasteiger partial charge in [-0.2, -0.15) is 0 Å². The van der Waals surface area contributed by atoms with Crippen LogP contribution in [0.3, 0.4) is 0 Å². The number of phenolic OH excluding ortho intramolecular Hbond substituents is 1. The fourth-order valence-corrected chi connectivity index (χ4v) is 4.19. The second kappa shape index (κ2) is 7.78. The van der Waals surface area contributed by atoms with Crippen LogP contribution in [-0.4, -0.2) is 16.0 Å². The maximum Gasteiger partial charge on any atom is 0.224 e. The summed E-state index contributed by atoms with van der Waals surface area (Å²) in [6, 6.07) is 17.3. The highest BCUT2D eigenvalue weighted by Crippen LogP contribution is 2.39. The van der Waals surface area contributed by atoms with Gasteiger partial charge in [0.1, 0.15) is 5.75 Å². The molecule has 138 valence electrons. The third-order valence-electron chi connectivity index (χ3n) is 5.62. The van der Waals surface area contributed by atoms with Gasteiger partial charge in [0.2, 0.25) is 5.91 Å². The first kappa shape index (κ1) is 17.5. The van der Waals surface area contributed by atoms with Gasteiger partial charge in [-0.05, 0) is 67.3 Å². The highest BCUT2D eigenvalue weighted by atomic mass is 16.3. The monoisotopic (exact) mass is 360 g/mol. The second-order valence-corrected chi connectivity index (χ2v) is 7.40. The zero-order valence-electron chi connectivity index (χ0n) is 15.3. The van der Waals surface area contributed by atoms with Gasteiger partial charge in [-0.15, -0.1) is 0 Å². The molecule has 0 spiro atoms. The predicted molar refractivity (Wildman–Crippen MR) is 108 cm³/mol. The summed E-state index contributed by atoms with van der Waals surface area (Å²) in [6.07, 6.45) is 6.72. The van der Waals surface area contributed by atoms with E-state index in [9.17, 15) is 9.90 Å². The number of amides is 1. The first-order valence-electron chi connectivity index (χ1n) is 9.62. The molecule has 4 heteroatoms. The molecule has 1 amide bonds. The molecule has 0 unspecified atom stereocenters. The van der Waals surface area contributed by atoms with Crippen molar-refractivity contribution >= 4 is 22.5 Å². The maximum absolute atomic E-state index is 12.3. The normalized spacial score (nSPS) is 19.7. The largest absolute Gasteiger partial charge is 0.506 e. The zero-order chi connectivity index (χ0) is 18.6. The molecule has 1 heterocycles. The van der Waals surface area contributed by atoms with Gasteiger partial charge in [-0.3, -0.25) is 9.78 Å². The Balaban J connectivity index is 1.36. The number of pyridine rings is 1. The summed E-state index contributed by atoms with van der Waals surface area (Å²) < 4.78 is 0. The van der Waals surface area contributed by atoms with Crippen LogP contribution in [0.25, 0.3) is 10.9 Å². The Morgan fingerprint density at radius 3 is 2.56 bits per heavy atom. The lowest BCUT2D eigenvalue weighted by Crippen LogP contribution is -2.20. The van der Waals surface area contributed by atoms with Gasteiger partial charge < -0.3 is 10.4 Å². The number of nitrogens with one attached hydrogen (secondary N) is 1. The highest BCUT2D eigenvalue weighted by Gasteiger charge is 2.25. The number of carbonyl (C=O) groups excluding carboxylic acids is 1. The summed E-state index contributed by atoms with van der Waals surface area (Å²) in [4.78, 5) is 16.8. The number of para-hydroxylation sites is 3. The number of anilines is 1. The Bertz CT molecular complexity index is 941. The van der Waals surface area contributed by atoms with Gasteiger partial charge in [0.05, 0.1) is 11.2 Å². The van der Waals surface area contributed by atoms with Crippen molar-refractivity contribution < 1.29 is 9.90 Å². The van der Waals surface area contributed by atoms with Crippen molar-refractivity contribution in [1.29, 1.82) is 0 Å². The molecule has 0 aliphatic heterocycles. The SMILES string of the molecule is O=C(CC1CCC(c2ccnc3ccccc23)CC1)Nc1ccccc1O. The number of carbonyl (C=O) groups is 1. The molecule has 4 rings (SSSR count). The molecule has 2 N–H and O–H groups in total. The van der Waals surface area contributed by atoms with E-state index in [0.717, 1.165) is 31.2 Å². The average Bonchev–Trinajstić information content (AvgIpc) is 2.70. The molecule has 1 fully saturated rings. The fraction of sp³-hybridized carbons (Fsp3) is 0.304. The highest BCUT2D eigenvalue weighted by molar-refractivity contribution is 5.92. The minimum Gasteiger partial charge on any atom is -0.506 e. The van der Waals surface area contributed by atoms with Crippen LogP contribution in [0.15, 0.2) is 60.8 Å². The third kappa shape index (κ3) is 3.95. The van der Waals surface area contributed by atoms with Gasteiger partial charge in [0.15, 0.2) is 0 Å². The smallest absolute Gasteiger partial charge is 0.224 e. The quantitative estimate of drug-likeness (QED) is 0.625. The Morgan fingerprint density at radius 1 is 1.00 bits per heavy atom. The lowest BCUT2D eigenvalue weighted by Gasteiger charge is -2.29. The first-order valence-corrected chi connectivity index (χ1v) is 9.62. The van der Waals surface area contributed by atoms with Crippen LogP contribution in [-0.2, 0) is 4.79 Å². The van der Waals surface area contributed by atoms with Gasteiger partial charge >= 0.3 is 0 Å². The Labute approximate surface area is 159 Å². The fourth-order valence-electron chi connectivity index (χ4n) is 4.19. The summed E-state index contributed by atoms with van der Waals surface area (Å²) >= 11 is 0. The lowest BCUT2D eigenvalue weighted by atomic mass is 9.77.